The predicted molar refractivity (Wildman–Crippen MR) is 87.4 cm³/mol. The number of piperidine rings is 1. The van der Waals surface area contributed by atoms with E-state index in [0.717, 1.165) is 19.6 Å². The van der Waals surface area contributed by atoms with Crippen molar-refractivity contribution in [1.82, 2.24) is 10.6 Å². The van der Waals surface area contributed by atoms with Crippen molar-refractivity contribution in [3.05, 3.63) is 24.3 Å². The van der Waals surface area contributed by atoms with Crippen LogP contribution in [0.1, 0.15) is 32.6 Å². The van der Waals surface area contributed by atoms with Gasteiger partial charge in [-0.05, 0) is 51.0 Å². The molecule has 1 fully saturated rings. The normalized spacial score (nSPS) is 23.1. The van der Waals surface area contributed by atoms with E-state index in [2.05, 4.69) is 46.7 Å². The molecule has 1 saturated heterocycles. The minimum absolute atomic E-state index is 0.419. The molecule has 2 N–H and O–H groups in total. The number of hydrogen-bond donors (Lipinski definition) is 2. The lowest BCUT2D eigenvalue weighted by molar-refractivity contribution is 0.411. The molecule has 0 amide bonds. The largest absolute Gasteiger partial charge is 0.343 e. The molecule has 1 aromatic carbocycles. The van der Waals surface area contributed by atoms with Gasteiger partial charge in [-0.3, -0.25) is 5.32 Å². The van der Waals surface area contributed by atoms with Crippen LogP contribution in [0, 0.1) is 0 Å². The van der Waals surface area contributed by atoms with Crippen LogP contribution in [0.25, 0.3) is 0 Å². The van der Waals surface area contributed by atoms with Crippen molar-refractivity contribution in [3.8, 4) is 0 Å². The molecule has 2 aliphatic rings. The average Bonchev–Trinajstić information content (AvgIpc) is 2.86. The van der Waals surface area contributed by atoms with E-state index in [4.69, 9.17) is 0 Å². The number of benzene rings is 1. The molecule has 0 spiro atoms. The van der Waals surface area contributed by atoms with E-state index >= 15 is 0 Å². The summed E-state index contributed by atoms with van der Waals surface area (Å²) in [6, 6.07) is 9.54. The molecule has 1 atom stereocenters. The van der Waals surface area contributed by atoms with Crippen LogP contribution in [0.15, 0.2) is 29.2 Å². The highest BCUT2D eigenvalue weighted by atomic mass is 32.2. The third kappa shape index (κ3) is 2.97. The summed E-state index contributed by atoms with van der Waals surface area (Å²) in [5, 5.41) is 7.22. The highest BCUT2D eigenvalue weighted by molar-refractivity contribution is 8.00. The fourth-order valence-electron chi connectivity index (χ4n) is 3.09. The smallest absolute Gasteiger partial charge is 0.133 e. The van der Waals surface area contributed by atoms with Gasteiger partial charge in [0.1, 0.15) is 5.50 Å². The van der Waals surface area contributed by atoms with E-state index in [0.29, 0.717) is 11.5 Å². The summed E-state index contributed by atoms with van der Waals surface area (Å²) in [6.07, 6.45) is 5.01. The van der Waals surface area contributed by atoms with E-state index < -0.39 is 0 Å². The van der Waals surface area contributed by atoms with Gasteiger partial charge < -0.3 is 10.2 Å². The van der Waals surface area contributed by atoms with Crippen LogP contribution in [-0.2, 0) is 0 Å². The highest BCUT2D eigenvalue weighted by Crippen LogP contribution is 2.44. The van der Waals surface area contributed by atoms with Gasteiger partial charge in [-0.1, -0.05) is 37.2 Å². The Morgan fingerprint density at radius 2 is 2.10 bits per heavy atom. The molecule has 0 saturated carbocycles. The first kappa shape index (κ1) is 14.2. The van der Waals surface area contributed by atoms with Crippen molar-refractivity contribution in [1.29, 1.82) is 0 Å². The molecule has 0 aromatic heterocycles. The van der Waals surface area contributed by atoms with Gasteiger partial charge in [-0.15, -0.1) is 0 Å². The molecule has 110 valence electrons. The number of hydrogen-bond acceptors (Lipinski definition) is 4. The number of para-hydroxylation sites is 1. The molecule has 1 unspecified atom stereocenters. The summed E-state index contributed by atoms with van der Waals surface area (Å²) in [6.45, 7) is 5.66. The predicted octanol–water partition coefficient (Wildman–Crippen LogP) is 3.02. The summed E-state index contributed by atoms with van der Waals surface area (Å²) in [7, 11) is 0. The highest BCUT2D eigenvalue weighted by Gasteiger charge is 2.34. The van der Waals surface area contributed by atoms with Crippen LogP contribution in [0.5, 0.6) is 0 Å². The van der Waals surface area contributed by atoms with Crippen LogP contribution in [0.4, 0.5) is 5.69 Å². The fraction of sp³-hybridized carbons (Fsp3) is 0.625. The lowest BCUT2D eigenvalue weighted by Crippen LogP contribution is -2.50. The van der Waals surface area contributed by atoms with Gasteiger partial charge >= 0.3 is 0 Å². The molecule has 4 heteroatoms. The van der Waals surface area contributed by atoms with Crippen molar-refractivity contribution >= 4 is 17.4 Å². The lowest BCUT2D eigenvalue weighted by atomic mass is 10.0. The maximum Gasteiger partial charge on any atom is 0.133 e. The number of nitrogens with zero attached hydrogens (tertiary/aromatic N) is 1. The van der Waals surface area contributed by atoms with E-state index in [1.165, 1.54) is 36.3 Å². The Kier molecular flexibility index (Phi) is 4.86. The molecule has 0 aliphatic carbocycles. The standard InChI is InChI=1S/C16H25N3S/c1-2-3-10-18-16-19(13-8-11-17-12-9-13)14-6-4-5-7-15(14)20-16/h4-7,13,16-18H,2-3,8-12H2,1H3. The zero-order valence-electron chi connectivity index (χ0n) is 12.3. The third-order valence-electron chi connectivity index (χ3n) is 4.19. The van der Waals surface area contributed by atoms with Gasteiger partial charge in [0, 0.05) is 10.9 Å². The van der Waals surface area contributed by atoms with Gasteiger partial charge in [0.25, 0.3) is 0 Å². The molecule has 20 heavy (non-hydrogen) atoms. The first-order valence-corrected chi connectivity index (χ1v) is 8.76. The maximum atomic E-state index is 3.75. The van der Waals surface area contributed by atoms with Gasteiger partial charge in [0.05, 0.1) is 5.69 Å². The summed E-state index contributed by atoms with van der Waals surface area (Å²) in [5.41, 5.74) is 1.85. The Balaban J connectivity index is 1.76. The molecule has 3 nitrogen and oxygen atoms in total. The molecule has 0 radical (unpaired) electrons. The lowest BCUT2D eigenvalue weighted by Gasteiger charge is -2.37. The Morgan fingerprint density at radius 3 is 2.90 bits per heavy atom. The Hall–Kier alpha value is -0.710. The molecular formula is C16H25N3S. The summed E-state index contributed by atoms with van der Waals surface area (Å²) in [4.78, 5) is 4.07. The van der Waals surface area contributed by atoms with Crippen molar-refractivity contribution in [2.75, 3.05) is 24.5 Å². The molecular weight excluding hydrogens is 266 g/mol. The number of anilines is 1. The molecule has 2 heterocycles. The second kappa shape index (κ2) is 6.83. The molecule has 1 aromatic rings. The van der Waals surface area contributed by atoms with Crippen LogP contribution in [0.3, 0.4) is 0 Å². The van der Waals surface area contributed by atoms with Crippen LogP contribution in [-0.4, -0.2) is 31.2 Å². The van der Waals surface area contributed by atoms with Gasteiger partial charge in [-0.2, -0.15) is 0 Å². The van der Waals surface area contributed by atoms with Crippen molar-refractivity contribution in [3.63, 3.8) is 0 Å². The topological polar surface area (TPSA) is 27.3 Å². The Labute approximate surface area is 126 Å². The SMILES string of the molecule is CCCCNC1Sc2ccccc2N1C1CCNCC1. The summed E-state index contributed by atoms with van der Waals surface area (Å²) in [5.74, 6) is 0. The van der Waals surface area contributed by atoms with E-state index in [1.54, 1.807) is 0 Å². The number of unbranched alkanes of at least 4 members (excludes halogenated alkanes) is 1. The minimum atomic E-state index is 0.419. The van der Waals surface area contributed by atoms with Crippen molar-refractivity contribution < 1.29 is 0 Å². The Morgan fingerprint density at radius 1 is 1.30 bits per heavy atom. The second-order valence-corrected chi connectivity index (χ2v) is 6.76. The first-order chi connectivity index (χ1) is 9.90. The third-order valence-corrected chi connectivity index (χ3v) is 5.40. The van der Waals surface area contributed by atoms with Gasteiger partial charge in [-0.25, -0.2) is 0 Å². The first-order valence-electron chi connectivity index (χ1n) is 7.88. The molecule has 2 aliphatic heterocycles. The Bertz CT molecular complexity index is 431. The zero-order chi connectivity index (χ0) is 13.8. The van der Waals surface area contributed by atoms with Gasteiger partial charge in [0.15, 0.2) is 0 Å². The maximum absolute atomic E-state index is 3.75. The van der Waals surface area contributed by atoms with E-state index in [-0.39, 0.29) is 0 Å². The van der Waals surface area contributed by atoms with Crippen LogP contribution >= 0.6 is 11.8 Å². The number of rotatable bonds is 5. The monoisotopic (exact) mass is 291 g/mol. The van der Waals surface area contributed by atoms with E-state index in [9.17, 15) is 0 Å². The molecule has 3 rings (SSSR count). The zero-order valence-corrected chi connectivity index (χ0v) is 13.1. The fourth-order valence-corrected chi connectivity index (χ4v) is 4.38. The van der Waals surface area contributed by atoms with Crippen molar-refractivity contribution in [2.45, 2.75) is 49.0 Å². The quantitative estimate of drug-likeness (QED) is 0.816. The minimum Gasteiger partial charge on any atom is -0.343 e. The number of fused-ring (bicyclic) bond motifs is 1. The average molecular weight is 291 g/mol. The number of nitrogens with one attached hydrogen (secondary N) is 2. The van der Waals surface area contributed by atoms with E-state index in [1.807, 2.05) is 11.8 Å². The summed E-state index contributed by atoms with van der Waals surface area (Å²) < 4.78 is 0. The van der Waals surface area contributed by atoms with Crippen LogP contribution in [0.2, 0.25) is 0 Å². The van der Waals surface area contributed by atoms with Gasteiger partial charge in [0.2, 0.25) is 0 Å². The van der Waals surface area contributed by atoms with Crippen molar-refractivity contribution in [2.24, 2.45) is 0 Å². The number of thioether (sulfide) groups is 1. The van der Waals surface area contributed by atoms with Crippen LogP contribution < -0.4 is 15.5 Å². The summed E-state index contributed by atoms with van der Waals surface area (Å²) >= 11 is 1.98. The second-order valence-electron chi connectivity index (χ2n) is 5.63. The molecule has 0 bridgehead atoms.